The van der Waals surface area contributed by atoms with Gasteiger partial charge in [0.25, 0.3) is 5.91 Å². The van der Waals surface area contributed by atoms with Crippen molar-refractivity contribution in [3.8, 4) is 11.3 Å². The molecule has 0 radical (unpaired) electrons. The molecular weight excluding hydrogens is 475 g/mol. The summed E-state index contributed by atoms with van der Waals surface area (Å²) in [6, 6.07) is 10.4. The molecule has 5 heterocycles. The first-order valence-corrected chi connectivity index (χ1v) is 11.8. The number of pyridine rings is 2. The van der Waals surface area contributed by atoms with Crippen LogP contribution in [-0.4, -0.2) is 57.3 Å². The van der Waals surface area contributed by atoms with E-state index >= 15 is 0 Å². The van der Waals surface area contributed by atoms with Gasteiger partial charge in [-0.1, -0.05) is 13.5 Å². The molecule has 1 aromatic carbocycles. The average molecular weight is 505 g/mol. The molecule has 192 valence electrons. The Kier molecular flexibility index (Phi) is 6.53. The highest BCUT2D eigenvalue weighted by atomic mass is 19.1. The van der Waals surface area contributed by atoms with Crippen molar-refractivity contribution in [2.75, 3.05) is 29.9 Å². The highest BCUT2D eigenvalue weighted by Gasteiger charge is 2.28. The summed E-state index contributed by atoms with van der Waals surface area (Å²) in [5.41, 5.74) is 5.15. The zero-order valence-electron chi connectivity index (χ0n) is 19.6. The number of aliphatic hydroxyl groups is 1. The number of hydrogen-bond donors (Lipinski definition) is 3. The first kappa shape index (κ1) is 24.7. The molecule has 9 nitrogen and oxygen atoms in total. The van der Waals surface area contributed by atoms with Crippen molar-refractivity contribution in [2.45, 2.75) is 33.1 Å². The lowest BCUT2D eigenvalue weighted by Gasteiger charge is -2.35. The lowest BCUT2D eigenvalue weighted by molar-refractivity contribution is -0.0364. The highest BCUT2D eigenvalue weighted by molar-refractivity contribution is 6.06. The minimum atomic E-state index is -0.542. The van der Waals surface area contributed by atoms with Gasteiger partial charge in [0.15, 0.2) is 0 Å². The van der Waals surface area contributed by atoms with Crippen molar-refractivity contribution in [1.29, 1.82) is 0 Å². The summed E-state index contributed by atoms with van der Waals surface area (Å²) >= 11 is 0. The molecule has 2 aliphatic heterocycles. The van der Waals surface area contributed by atoms with Crippen LogP contribution in [-0.2, 0) is 11.3 Å². The van der Waals surface area contributed by atoms with E-state index in [0.29, 0.717) is 42.4 Å². The van der Waals surface area contributed by atoms with E-state index in [9.17, 15) is 14.3 Å². The number of aliphatic hydroxyl groups excluding tert-OH is 1. The standard InChI is InChI=1S/C26H25FN6O3.CH4/c1-15(34)22-14-32(8-9-36-22)17-2-5-23(28-11-17)31-20-4-3-18(19-12-30-26(35)25(19)20)21-13-29-24-10-16(27)6-7-33(21)24;/h2-7,10-11,13,15,22,34H,8-9,12,14H2,1H3,(H,28,31)(H,30,35);1H4/t15-,22+;/m1./s1. The summed E-state index contributed by atoms with van der Waals surface area (Å²) < 4.78 is 21.1. The summed E-state index contributed by atoms with van der Waals surface area (Å²) in [6.07, 6.45) is 4.33. The fourth-order valence-electron chi connectivity index (χ4n) is 4.83. The second-order valence-corrected chi connectivity index (χ2v) is 9.04. The van der Waals surface area contributed by atoms with E-state index in [0.717, 1.165) is 29.1 Å². The van der Waals surface area contributed by atoms with Gasteiger partial charge in [0.1, 0.15) is 23.4 Å². The van der Waals surface area contributed by atoms with Crippen molar-refractivity contribution < 1.29 is 19.0 Å². The molecule has 2 atom stereocenters. The molecule has 0 spiro atoms. The second-order valence-electron chi connectivity index (χ2n) is 9.04. The van der Waals surface area contributed by atoms with E-state index in [1.807, 2.05) is 28.7 Å². The normalized spacial score (nSPS) is 17.8. The molecule has 0 unspecified atom stereocenters. The number of morpholine rings is 1. The van der Waals surface area contributed by atoms with Crippen LogP contribution in [0.4, 0.5) is 21.6 Å². The van der Waals surface area contributed by atoms with Crippen LogP contribution in [0, 0.1) is 5.82 Å². The zero-order chi connectivity index (χ0) is 24.8. The van der Waals surface area contributed by atoms with Crippen LogP contribution in [0.5, 0.6) is 0 Å². The Labute approximate surface area is 213 Å². The van der Waals surface area contributed by atoms with Crippen molar-refractivity contribution >= 4 is 28.7 Å². The van der Waals surface area contributed by atoms with Crippen LogP contribution in [0.2, 0.25) is 0 Å². The molecule has 2 aliphatic rings. The fraction of sp³-hybridized carbons (Fsp3) is 0.296. The van der Waals surface area contributed by atoms with Gasteiger partial charge in [0.2, 0.25) is 0 Å². The number of carbonyl (C=O) groups is 1. The van der Waals surface area contributed by atoms with Crippen LogP contribution in [0.25, 0.3) is 16.9 Å². The van der Waals surface area contributed by atoms with Gasteiger partial charge in [-0.05, 0) is 36.8 Å². The molecule has 0 saturated carbocycles. The maximum absolute atomic E-state index is 13.6. The van der Waals surface area contributed by atoms with Crippen LogP contribution in [0.15, 0.2) is 55.0 Å². The second kappa shape index (κ2) is 9.79. The third kappa shape index (κ3) is 4.49. The third-order valence-corrected chi connectivity index (χ3v) is 6.72. The fourth-order valence-corrected chi connectivity index (χ4v) is 4.83. The largest absolute Gasteiger partial charge is 0.391 e. The molecule has 3 aromatic heterocycles. The summed E-state index contributed by atoms with van der Waals surface area (Å²) in [5, 5.41) is 16.1. The molecule has 6 rings (SSSR count). The zero-order valence-corrected chi connectivity index (χ0v) is 19.6. The quantitative estimate of drug-likeness (QED) is 0.380. The summed E-state index contributed by atoms with van der Waals surface area (Å²) in [6.45, 7) is 3.99. The van der Waals surface area contributed by atoms with Gasteiger partial charge in [-0.25, -0.2) is 14.4 Å². The number of anilines is 3. The molecule has 3 N–H and O–H groups in total. The summed E-state index contributed by atoms with van der Waals surface area (Å²) in [5.74, 6) is 0.0958. The van der Waals surface area contributed by atoms with E-state index in [1.54, 1.807) is 25.5 Å². The number of rotatable bonds is 5. The Morgan fingerprint density at radius 1 is 1.22 bits per heavy atom. The van der Waals surface area contributed by atoms with Crippen molar-refractivity contribution in [3.63, 3.8) is 0 Å². The Morgan fingerprint density at radius 3 is 2.86 bits per heavy atom. The van der Waals surface area contributed by atoms with Crippen LogP contribution < -0.4 is 15.5 Å². The maximum Gasteiger partial charge on any atom is 0.254 e. The average Bonchev–Trinajstić information content (AvgIpc) is 3.48. The Bertz CT molecular complexity index is 1450. The number of ether oxygens (including phenoxy) is 1. The number of benzene rings is 1. The smallest absolute Gasteiger partial charge is 0.254 e. The molecule has 1 saturated heterocycles. The number of aromatic nitrogens is 3. The molecule has 0 bridgehead atoms. The maximum atomic E-state index is 13.6. The first-order chi connectivity index (χ1) is 17.5. The van der Waals surface area contributed by atoms with Crippen LogP contribution in [0.3, 0.4) is 0 Å². The van der Waals surface area contributed by atoms with Gasteiger partial charge < -0.3 is 25.4 Å². The van der Waals surface area contributed by atoms with E-state index in [2.05, 4.69) is 25.5 Å². The minimum absolute atomic E-state index is 0. The van der Waals surface area contributed by atoms with Gasteiger partial charge in [0.05, 0.1) is 47.7 Å². The number of halogens is 1. The van der Waals surface area contributed by atoms with Gasteiger partial charge >= 0.3 is 0 Å². The van der Waals surface area contributed by atoms with Gasteiger partial charge in [-0.2, -0.15) is 0 Å². The van der Waals surface area contributed by atoms with Crippen molar-refractivity contribution in [1.82, 2.24) is 19.7 Å². The number of fused-ring (bicyclic) bond motifs is 2. The third-order valence-electron chi connectivity index (χ3n) is 6.72. The molecule has 10 heteroatoms. The lowest BCUT2D eigenvalue weighted by Crippen LogP contribution is -2.47. The first-order valence-electron chi connectivity index (χ1n) is 11.8. The van der Waals surface area contributed by atoms with Gasteiger partial charge in [-0.15, -0.1) is 0 Å². The van der Waals surface area contributed by atoms with Crippen LogP contribution >= 0.6 is 0 Å². The predicted molar refractivity (Wildman–Crippen MR) is 140 cm³/mol. The SMILES string of the molecule is C.C[C@@H](O)[C@@H]1CN(c2ccc(Nc3ccc(-c4cnc5cc(F)ccn45)c4c3C(=O)NC4)nc2)CCO1. The molecule has 37 heavy (non-hydrogen) atoms. The molecule has 1 amide bonds. The molecule has 1 fully saturated rings. The Hall–Kier alpha value is -4.02. The lowest BCUT2D eigenvalue weighted by atomic mass is 9.99. The van der Waals surface area contributed by atoms with Crippen LogP contribution in [0.1, 0.15) is 30.3 Å². The molecule has 0 aliphatic carbocycles. The highest BCUT2D eigenvalue weighted by Crippen LogP contribution is 2.35. The topological polar surface area (TPSA) is 104 Å². The molecular formula is C27H29FN6O3. The van der Waals surface area contributed by atoms with Gasteiger partial charge in [0, 0.05) is 37.5 Å². The molecule has 4 aromatic rings. The van der Waals surface area contributed by atoms with E-state index < -0.39 is 6.10 Å². The number of imidazole rings is 1. The predicted octanol–water partition coefficient (Wildman–Crippen LogP) is 3.74. The Morgan fingerprint density at radius 2 is 2.08 bits per heavy atom. The van der Waals surface area contributed by atoms with Gasteiger partial charge in [-0.3, -0.25) is 9.20 Å². The Balaban J connectivity index is 0.00000280. The van der Waals surface area contributed by atoms with Crippen molar-refractivity contribution in [2.24, 2.45) is 0 Å². The number of carbonyl (C=O) groups excluding carboxylic acids is 1. The van der Waals surface area contributed by atoms with E-state index in [1.165, 1.54) is 12.1 Å². The van der Waals surface area contributed by atoms with E-state index in [4.69, 9.17) is 4.74 Å². The number of hydrogen-bond acceptors (Lipinski definition) is 7. The summed E-state index contributed by atoms with van der Waals surface area (Å²) in [4.78, 5) is 23.8. The summed E-state index contributed by atoms with van der Waals surface area (Å²) in [7, 11) is 0. The monoisotopic (exact) mass is 504 g/mol. The van der Waals surface area contributed by atoms with E-state index in [-0.39, 0.29) is 25.3 Å². The number of amides is 1. The number of nitrogens with one attached hydrogen (secondary N) is 2. The number of nitrogens with zero attached hydrogens (tertiary/aromatic N) is 4. The van der Waals surface area contributed by atoms with Crippen molar-refractivity contribution in [3.05, 3.63) is 71.9 Å². The minimum Gasteiger partial charge on any atom is -0.391 e.